The highest BCUT2D eigenvalue weighted by Crippen LogP contribution is 2.31. The summed E-state index contributed by atoms with van der Waals surface area (Å²) in [4.78, 5) is 17.3. The Morgan fingerprint density at radius 1 is 1.08 bits per heavy atom. The number of ether oxygens (including phenoxy) is 1. The highest BCUT2D eigenvalue weighted by Gasteiger charge is 2.36. The number of para-hydroxylation sites is 2. The molecule has 1 N–H and O–H groups in total. The number of hydrogen-bond donors (Lipinski definition) is 1. The van der Waals surface area contributed by atoms with Crippen molar-refractivity contribution >= 4 is 73.9 Å². The van der Waals surface area contributed by atoms with Crippen LogP contribution >= 0.6 is 35.0 Å². The second-order valence-electron chi connectivity index (χ2n) is 9.03. The Morgan fingerprint density at radius 3 is 2.69 bits per heavy atom. The Balaban J connectivity index is 1.29. The predicted molar refractivity (Wildman–Crippen MR) is 159 cm³/mol. The molecule has 194 valence electrons. The van der Waals surface area contributed by atoms with E-state index in [1.165, 1.54) is 16.8 Å². The van der Waals surface area contributed by atoms with Crippen LogP contribution in [0.25, 0.3) is 17.0 Å². The molecule has 0 unspecified atom stereocenters. The van der Waals surface area contributed by atoms with Crippen LogP contribution in [-0.4, -0.2) is 38.1 Å². The van der Waals surface area contributed by atoms with Gasteiger partial charge in [0.2, 0.25) is 5.17 Å². The number of benzene rings is 3. The van der Waals surface area contributed by atoms with Crippen molar-refractivity contribution in [3.05, 3.63) is 105 Å². The van der Waals surface area contributed by atoms with E-state index in [0.717, 1.165) is 33.3 Å². The van der Waals surface area contributed by atoms with Crippen LogP contribution in [0.5, 0.6) is 5.75 Å². The third kappa shape index (κ3) is 4.98. The minimum atomic E-state index is -0.479. The first-order valence-electron chi connectivity index (χ1n) is 12.1. The first-order chi connectivity index (χ1) is 18.9. The number of amidine groups is 2. The molecule has 0 saturated carbocycles. The van der Waals surface area contributed by atoms with Crippen molar-refractivity contribution in [2.75, 3.05) is 6.61 Å². The van der Waals surface area contributed by atoms with Crippen LogP contribution in [0.3, 0.4) is 0 Å². The first-order valence-corrected chi connectivity index (χ1v) is 13.6. The van der Waals surface area contributed by atoms with Gasteiger partial charge in [0.1, 0.15) is 17.4 Å². The van der Waals surface area contributed by atoms with Gasteiger partial charge in [0.05, 0.1) is 5.57 Å². The lowest BCUT2D eigenvalue weighted by Crippen LogP contribution is -2.35. The SMILES string of the molecule is Cc1ccccc1OCC1=NN2C(=N)/C(=C/c3cn(Cc4ccc(Cl)cc4Cl)c4ccccc34)C(=O)N=C2S1. The van der Waals surface area contributed by atoms with Crippen LogP contribution in [0.1, 0.15) is 16.7 Å². The second-order valence-corrected chi connectivity index (χ2v) is 10.9. The fourth-order valence-corrected chi connectivity index (χ4v) is 5.72. The maximum atomic E-state index is 13.0. The Morgan fingerprint density at radius 2 is 1.87 bits per heavy atom. The zero-order valence-corrected chi connectivity index (χ0v) is 23.0. The highest BCUT2D eigenvalue weighted by molar-refractivity contribution is 8.27. The van der Waals surface area contributed by atoms with Crippen molar-refractivity contribution in [3.8, 4) is 5.75 Å². The van der Waals surface area contributed by atoms with E-state index < -0.39 is 5.91 Å². The van der Waals surface area contributed by atoms with Crippen molar-refractivity contribution in [2.45, 2.75) is 13.5 Å². The number of nitrogens with one attached hydrogen (secondary N) is 1. The molecule has 2 aliphatic rings. The summed E-state index contributed by atoms with van der Waals surface area (Å²) in [7, 11) is 0. The molecule has 3 heterocycles. The van der Waals surface area contributed by atoms with Gasteiger partial charge in [-0.2, -0.15) is 15.1 Å². The van der Waals surface area contributed by atoms with E-state index in [4.69, 9.17) is 33.3 Å². The molecular weight excluding hydrogens is 553 g/mol. The molecule has 0 atom stereocenters. The predicted octanol–water partition coefficient (Wildman–Crippen LogP) is 7.00. The number of aliphatic imine (C=N–C) groups is 1. The quantitative estimate of drug-likeness (QED) is 0.251. The van der Waals surface area contributed by atoms with E-state index in [-0.39, 0.29) is 18.0 Å². The number of carbonyl (C=O) groups excluding carboxylic acids is 1. The molecule has 0 saturated heterocycles. The van der Waals surface area contributed by atoms with Gasteiger partial charge in [0, 0.05) is 39.3 Å². The number of thioether (sulfide) groups is 1. The normalized spacial score (nSPS) is 16.1. The number of aryl methyl sites for hydroxylation is 1. The summed E-state index contributed by atoms with van der Waals surface area (Å²) in [6.07, 6.45) is 3.65. The topological polar surface area (TPSA) is 83.0 Å². The largest absolute Gasteiger partial charge is 0.486 e. The molecule has 1 aromatic heterocycles. The first kappa shape index (κ1) is 25.4. The van der Waals surface area contributed by atoms with E-state index in [9.17, 15) is 4.79 Å². The van der Waals surface area contributed by atoms with Gasteiger partial charge in [-0.15, -0.1) is 0 Å². The number of nitrogens with zero attached hydrogens (tertiary/aromatic N) is 4. The summed E-state index contributed by atoms with van der Waals surface area (Å²) < 4.78 is 7.97. The van der Waals surface area contributed by atoms with Gasteiger partial charge in [-0.3, -0.25) is 10.2 Å². The molecular formula is C29H21Cl2N5O2S. The van der Waals surface area contributed by atoms with Crippen LogP contribution < -0.4 is 4.74 Å². The molecule has 10 heteroatoms. The minimum Gasteiger partial charge on any atom is -0.486 e. The lowest BCUT2D eigenvalue weighted by atomic mass is 10.1. The highest BCUT2D eigenvalue weighted by atomic mass is 35.5. The lowest BCUT2D eigenvalue weighted by molar-refractivity contribution is -0.114. The van der Waals surface area contributed by atoms with Gasteiger partial charge in [-0.25, -0.2) is 0 Å². The average Bonchev–Trinajstić information content (AvgIpc) is 3.49. The van der Waals surface area contributed by atoms with Gasteiger partial charge >= 0.3 is 0 Å². The molecule has 6 rings (SSSR count). The third-order valence-electron chi connectivity index (χ3n) is 6.42. The number of rotatable bonds is 6. The van der Waals surface area contributed by atoms with E-state index in [1.54, 1.807) is 12.1 Å². The maximum absolute atomic E-state index is 13.0. The monoisotopic (exact) mass is 573 g/mol. The summed E-state index contributed by atoms with van der Waals surface area (Å²) in [5.74, 6) is 0.254. The summed E-state index contributed by atoms with van der Waals surface area (Å²) in [5, 5.41) is 17.7. The number of hydrogen-bond acceptors (Lipinski definition) is 5. The number of amides is 1. The van der Waals surface area contributed by atoms with E-state index in [2.05, 4.69) is 14.7 Å². The van der Waals surface area contributed by atoms with Crippen LogP contribution in [-0.2, 0) is 11.3 Å². The number of halogens is 2. The van der Waals surface area contributed by atoms with Gasteiger partial charge in [-0.1, -0.05) is 65.7 Å². The van der Waals surface area contributed by atoms with E-state index in [0.29, 0.717) is 26.8 Å². The fraction of sp³-hybridized carbons (Fsp3) is 0.103. The third-order valence-corrected chi connectivity index (χ3v) is 7.89. The molecule has 2 aliphatic heterocycles. The van der Waals surface area contributed by atoms with E-state index >= 15 is 0 Å². The zero-order valence-electron chi connectivity index (χ0n) is 20.7. The van der Waals surface area contributed by atoms with Crippen molar-refractivity contribution in [3.63, 3.8) is 0 Å². The molecule has 39 heavy (non-hydrogen) atoms. The fourth-order valence-electron chi connectivity index (χ4n) is 4.46. The molecule has 0 aliphatic carbocycles. The Hall–Kier alpha value is -3.85. The molecule has 0 radical (unpaired) electrons. The standard InChI is InChI=1S/C29H21Cl2N5O2S/c1-17-6-2-5-9-25(17)38-16-26-34-36-27(32)22(28(37)33-29(36)39-26)12-19-15-35(24-8-4-3-7-21(19)24)14-18-10-11-20(30)13-23(18)31/h2-13,15,32H,14,16H2,1H3/b22-12-,32-27?. The minimum absolute atomic E-state index is 0.0269. The molecule has 4 aromatic rings. The molecule has 0 bridgehead atoms. The van der Waals surface area contributed by atoms with Gasteiger partial charge in [-0.05, 0) is 60.2 Å². The molecule has 3 aromatic carbocycles. The molecule has 0 fully saturated rings. The van der Waals surface area contributed by atoms with Crippen molar-refractivity contribution in [1.82, 2.24) is 9.58 Å². The summed E-state index contributed by atoms with van der Waals surface area (Å²) in [5.41, 5.74) is 3.86. The molecule has 1 amide bonds. The number of carbonyl (C=O) groups is 1. The Bertz CT molecular complexity index is 1760. The number of fused-ring (bicyclic) bond motifs is 2. The maximum Gasteiger partial charge on any atom is 0.283 e. The van der Waals surface area contributed by atoms with Crippen LogP contribution in [0.15, 0.2) is 88.6 Å². The number of hydrazone groups is 1. The van der Waals surface area contributed by atoms with Crippen molar-refractivity contribution in [2.24, 2.45) is 10.1 Å². The van der Waals surface area contributed by atoms with Crippen molar-refractivity contribution in [1.29, 1.82) is 5.41 Å². The second kappa shape index (κ2) is 10.4. The molecule has 7 nitrogen and oxygen atoms in total. The number of aromatic nitrogens is 1. The van der Waals surface area contributed by atoms with Crippen LogP contribution in [0.4, 0.5) is 0 Å². The molecule has 0 spiro atoms. The zero-order chi connectivity index (χ0) is 27.1. The van der Waals surface area contributed by atoms with E-state index in [1.807, 2.05) is 73.8 Å². The van der Waals surface area contributed by atoms with Gasteiger partial charge < -0.3 is 9.30 Å². The Kier molecular flexibility index (Phi) is 6.76. The Labute approximate surface area is 238 Å². The summed E-state index contributed by atoms with van der Waals surface area (Å²) >= 11 is 13.7. The van der Waals surface area contributed by atoms with Gasteiger partial charge in [0.15, 0.2) is 5.84 Å². The summed E-state index contributed by atoms with van der Waals surface area (Å²) in [6, 6.07) is 21.0. The van der Waals surface area contributed by atoms with Crippen LogP contribution in [0, 0.1) is 12.3 Å². The van der Waals surface area contributed by atoms with Crippen LogP contribution in [0.2, 0.25) is 10.0 Å². The average molecular weight is 574 g/mol. The van der Waals surface area contributed by atoms with Gasteiger partial charge in [0.25, 0.3) is 5.91 Å². The lowest BCUT2D eigenvalue weighted by Gasteiger charge is -2.20. The smallest absolute Gasteiger partial charge is 0.283 e. The summed E-state index contributed by atoms with van der Waals surface area (Å²) in [6.45, 7) is 2.70. The van der Waals surface area contributed by atoms with Crippen molar-refractivity contribution < 1.29 is 9.53 Å².